The van der Waals surface area contributed by atoms with E-state index in [-0.39, 0.29) is 35.7 Å². The molecule has 0 bridgehead atoms. The first kappa shape index (κ1) is 14.9. The summed E-state index contributed by atoms with van der Waals surface area (Å²) in [6.07, 6.45) is 3.30. The summed E-state index contributed by atoms with van der Waals surface area (Å²) in [6, 6.07) is 4.83. The Hall–Kier alpha value is -2.47. The van der Waals surface area contributed by atoms with Crippen LogP contribution in [0.5, 0.6) is 17.2 Å². The summed E-state index contributed by atoms with van der Waals surface area (Å²) in [5.41, 5.74) is -0.572. The number of allylic oxidation sites excluding steroid dienone is 1. The maximum absolute atomic E-state index is 11.8. The van der Waals surface area contributed by atoms with Crippen molar-refractivity contribution >= 4 is 11.0 Å². The molecule has 0 amide bonds. The van der Waals surface area contributed by atoms with Gasteiger partial charge in [0.05, 0.1) is 12.9 Å². The first-order chi connectivity index (χ1) is 10.2. The Balaban J connectivity index is 2.53. The normalized spacial score (nSPS) is 11.1. The number of aliphatic hydroxyl groups excluding tert-OH is 1. The summed E-state index contributed by atoms with van der Waals surface area (Å²) < 4.78 is 15.7. The van der Waals surface area contributed by atoms with Crippen molar-refractivity contribution in [3.8, 4) is 17.2 Å². The molecule has 0 aliphatic carbocycles. The van der Waals surface area contributed by atoms with Gasteiger partial charge < -0.3 is 24.1 Å². The number of hydrogen-bond acceptors (Lipinski definition) is 6. The molecule has 2 rings (SSSR count). The maximum atomic E-state index is 11.8. The standard InChI is InChI=1S/C15H16O6/c1-2-8-20-14-13(17)12-10(19-9-4-7-16)5-3-6-11(12)21-15(14)18/h2-3,5-6,8,16-17H,4,7,9H2,1H3. The second-order valence-corrected chi connectivity index (χ2v) is 4.21. The van der Waals surface area contributed by atoms with E-state index < -0.39 is 5.63 Å². The number of aromatic hydroxyl groups is 1. The van der Waals surface area contributed by atoms with Gasteiger partial charge in [0, 0.05) is 13.0 Å². The molecule has 2 aromatic rings. The Morgan fingerprint density at radius 1 is 1.38 bits per heavy atom. The van der Waals surface area contributed by atoms with Crippen molar-refractivity contribution in [1.82, 2.24) is 0 Å². The molecule has 1 aromatic carbocycles. The largest absolute Gasteiger partial charge is 0.503 e. The molecule has 1 aromatic heterocycles. The fourth-order valence-corrected chi connectivity index (χ4v) is 1.79. The van der Waals surface area contributed by atoms with Gasteiger partial charge in [0.1, 0.15) is 16.7 Å². The van der Waals surface area contributed by atoms with E-state index in [1.807, 2.05) is 0 Å². The lowest BCUT2D eigenvalue weighted by atomic mass is 10.2. The summed E-state index contributed by atoms with van der Waals surface area (Å²) in [5.74, 6) is -0.273. The van der Waals surface area contributed by atoms with Gasteiger partial charge in [-0.2, -0.15) is 0 Å². The third-order valence-electron chi connectivity index (χ3n) is 2.71. The third-order valence-corrected chi connectivity index (χ3v) is 2.71. The zero-order valence-electron chi connectivity index (χ0n) is 11.5. The van der Waals surface area contributed by atoms with Crippen LogP contribution in [0.3, 0.4) is 0 Å². The van der Waals surface area contributed by atoms with E-state index in [1.165, 1.54) is 6.26 Å². The van der Waals surface area contributed by atoms with Crippen LogP contribution in [-0.2, 0) is 0 Å². The Labute approximate surface area is 120 Å². The molecule has 0 aliphatic rings. The van der Waals surface area contributed by atoms with E-state index in [4.69, 9.17) is 19.0 Å². The maximum Gasteiger partial charge on any atom is 0.383 e. The highest BCUT2D eigenvalue weighted by molar-refractivity contribution is 5.91. The van der Waals surface area contributed by atoms with Crippen molar-refractivity contribution in [2.75, 3.05) is 13.2 Å². The van der Waals surface area contributed by atoms with Crippen LogP contribution in [0, 0.1) is 0 Å². The van der Waals surface area contributed by atoms with E-state index in [1.54, 1.807) is 31.2 Å². The lowest BCUT2D eigenvalue weighted by Crippen LogP contribution is -2.05. The number of aliphatic hydroxyl groups is 1. The highest BCUT2D eigenvalue weighted by Gasteiger charge is 2.18. The van der Waals surface area contributed by atoms with Gasteiger partial charge in [-0.3, -0.25) is 0 Å². The smallest absolute Gasteiger partial charge is 0.383 e. The highest BCUT2D eigenvalue weighted by atomic mass is 16.5. The minimum absolute atomic E-state index is 0.00148. The summed E-state index contributed by atoms with van der Waals surface area (Å²) in [5, 5.41) is 19.3. The van der Waals surface area contributed by atoms with Crippen LogP contribution in [-0.4, -0.2) is 23.4 Å². The van der Waals surface area contributed by atoms with E-state index >= 15 is 0 Å². The van der Waals surface area contributed by atoms with Crippen molar-refractivity contribution in [3.05, 3.63) is 41.0 Å². The molecule has 2 N–H and O–H groups in total. The molecule has 0 aliphatic heterocycles. The van der Waals surface area contributed by atoms with Crippen LogP contribution in [0.4, 0.5) is 0 Å². The molecule has 21 heavy (non-hydrogen) atoms. The van der Waals surface area contributed by atoms with Crippen LogP contribution in [0.15, 0.2) is 39.7 Å². The highest BCUT2D eigenvalue weighted by Crippen LogP contribution is 2.37. The number of hydrogen-bond donors (Lipinski definition) is 2. The molecule has 0 saturated carbocycles. The average Bonchev–Trinajstić information content (AvgIpc) is 2.47. The topological polar surface area (TPSA) is 89.1 Å². The Bertz CT molecular complexity index is 701. The predicted octanol–water partition coefficient (Wildman–Crippen LogP) is 2.17. The van der Waals surface area contributed by atoms with E-state index in [0.29, 0.717) is 12.2 Å². The minimum Gasteiger partial charge on any atom is -0.503 e. The van der Waals surface area contributed by atoms with E-state index in [0.717, 1.165) is 0 Å². The van der Waals surface area contributed by atoms with Gasteiger partial charge in [-0.05, 0) is 19.1 Å². The zero-order chi connectivity index (χ0) is 15.2. The lowest BCUT2D eigenvalue weighted by Gasteiger charge is -2.10. The first-order valence-electron chi connectivity index (χ1n) is 6.49. The van der Waals surface area contributed by atoms with Crippen molar-refractivity contribution < 1.29 is 24.1 Å². The van der Waals surface area contributed by atoms with Crippen LogP contribution < -0.4 is 15.1 Å². The zero-order valence-corrected chi connectivity index (χ0v) is 11.5. The average molecular weight is 292 g/mol. The van der Waals surface area contributed by atoms with Crippen molar-refractivity contribution in [2.24, 2.45) is 0 Å². The van der Waals surface area contributed by atoms with Crippen molar-refractivity contribution in [2.45, 2.75) is 13.3 Å². The van der Waals surface area contributed by atoms with E-state index in [9.17, 15) is 9.90 Å². The second kappa shape index (κ2) is 6.81. The summed E-state index contributed by atoms with van der Waals surface area (Å²) >= 11 is 0. The number of rotatable bonds is 6. The quantitative estimate of drug-likeness (QED) is 0.482. The Morgan fingerprint density at radius 2 is 2.19 bits per heavy atom. The second-order valence-electron chi connectivity index (χ2n) is 4.21. The summed E-state index contributed by atoms with van der Waals surface area (Å²) in [4.78, 5) is 11.8. The van der Waals surface area contributed by atoms with Crippen LogP contribution in [0.25, 0.3) is 11.0 Å². The molecule has 1 heterocycles. The summed E-state index contributed by atoms with van der Waals surface area (Å²) in [6.45, 7) is 1.99. The molecule has 0 atom stereocenters. The molecule has 0 saturated heterocycles. The Morgan fingerprint density at radius 3 is 2.90 bits per heavy atom. The van der Waals surface area contributed by atoms with Gasteiger partial charge >= 0.3 is 5.63 Å². The van der Waals surface area contributed by atoms with Gasteiger partial charge in [-0.15, -0.1) is 0 Å². The molecular formula is C15H16O6. The third kappa shape index (κ3) is 3.17. The molecule has 6 heteroatoms. The molecule has 0 fully saturated rings. The lowest BCUT2D eigenvalue weighted by molar-refractivity contribution is 0.234. The molecule has 0 unspecified atom stereocenters. The Kier molecular flexibility index (Phi) is 4.84. The van der Waals surface area contributed by atoms with Crippen molar-refractivity contribution in [3.63, 3.8) is 0 Å². The SMILES string of the molecule is CC=COc1c(O)c2c(OCCCO)cccc2oc1=O. The first-order valence-corrected chi connectivity index (χ1v) is 6.49. The molecular weight excluding hydrogens is 276 g/mol. The van der Waals surface area contributed by atoms with Crippen LogP contribution in [0.2, 0.25) is 0 Å². The summed E-state index contributed by atoms with van der Waals surface area (Å²) in [7, 11) is 0. The van der Waals surface area contributed by atoms with Gasteiger partial charge in [0.25, 0.3) is 5.75 Å². The predicted molar refractivity (Wildman–Crippen MR) is 76.8 cm³/mol. The number of ether oxygens (including phenoxy) is 2. The van der Waals surface area contributed by atoms with Gasteiger partial charge in [-0.1, -0.05) is 12.1 Å². The van der Waals surface area contributed by atoms with Gasteiger partial charge in [0.15, 0.2) is 5.75 Å². The van der Waals surface area contributed by atoms with Crippen molar-refractivity contribution in [1.29, 1.82) is 0 Å². The fraction of sp³-hybridized carbons (Fsp3) is 0.267. The molecule has 0 spiro atoms. The van der Waals surface area contributed by atoms with Crippen LogP contribution >= 0.6 is 0 Å². The van der Waals surface area contributed by atoms with Gasteiger partial charge in [-0.25, -0.2) is 4.79 Å². The fourth-order valence-electron chi connectivity index (χ4n) is 1.79. The monoisotopic (exact) mass is 292 g/mol. The number of fused-ring (bicyclic) bond motifs is 1. The van der Waals surface area contributed by atoms with Crippen LogP contribution in [0.1, 0.15) is 13.3 Å². The molecule has 6 nitrogen and oxygen atoms in total. The minimum atomic E-state index is -0.773. The van der Waals surface area contributed by atoms with Gasteiger partial charge in [0.2, 0.25) is 0 Å². The molecule has 0 radical (unpaired) electrons. The molecule has 112 valence electrons. The van der Waals surface area contributed by atoms with E-state index in [2.05, 4.69) is 0 Å². The number of benzene rings is 1.